The third-order valence-electron chi connectivity index (χ3n) is 3.70. The first kappa shape index (κ1) is 13.2. The largest absolute Gasteiger partial charge is 0.381 e. The summed E-state index contributed by atoms with van der Waals surface area (Å²) in [6.07, 6.45) is 5.65. The summed E-state index contributed by atoms with van der Waals surface area (Å²) in [5, 5.41) is 0. The molecule has 3 nitrogen and oxygen atoms in total. The number of hydrogen-bond donors (Lipinski definition) is 0. The third kappa shape index (κ3) is 2.72. The van der Waals surface area contributed by atoms with Crippen molar-refractivity contribution in [2.75, 3.05) is 13.2 Å². The van der Waals surface area contributed by atoms with Gasteiger partial charge in [0.1, 0.15) is 5.82 Å². The Balaban J connectivity index is 1.76. The lowest BCUT2D eigenvalue weighted by Crippen LogP contribution is -2.07. The standard InChI is InChI=1S/C15H16F2N2O/c16-13-2-1-12(9-14(13)17)15-18-5-7-19(15)6-3-11-4-8-20-10-11/h1-2,5,7,9,11H,3-4,6,8,10H2. The normalized spacial score (nSPS) is 18.6. The van der Waals surface area contributed by atoms with E-state index in [1.807, 2.05) is 10.8 Å². The molecule has 1 fully saturated rings. The minimum Gasteiger partial charge on any atom is -0.381 e. The Kier molecular flexibility index (Phi) is 3.78. The number of aromatic nitrogens is 2. The van der Waals surface area contributed by atoms with Crippen LogP contribution in [0.4, 0.5) is 8.78 Å². The van der Waals surface area contributed by atoms with E-state index in [1.165, 1.54) is 6.07 Å². The van der Waals surface area contributed by atoms with Gasteiger partial charge < -0.3 is 9.30 Å². The molecule has 5 heteroatoms. The first-order valence-corrected chi connectivity index (χ1v) is 6.78. The highest BCUT2D eigenvalue weighted by molar-refractivity contribution is 5.55. The monoisotopic (exact) mass is 278 g/mol. The van der Waals surface area contributed by atoms with Crippen LogP contribution >= 0.6 is 0 Å². The van der Waals surface area contributed by atoms with E-state index in [4.69, 9.17) is 4.74 Å². The Labute approximate surface area is 116 Å². The quantitative estimate of drug-likeness (QED) is 0.858. The Bertz CT molecular complexity index is 591. The van der Waals surface area contributed by atoms with E-state index in [0.29, 0.717) is 17.3 Å². The molecule has 0 N–H and O–H groups in total. The molecule has 0 bridgehead atoms. The van der Waals surface area contributed by atoms with E-state index in [0.717, 1.165) is 38.7 Å². The highest BCUT2D eigenvalue weighted by atomic mass is 19.2. The molecule has 1 aliphatic rings. The van der Waals surface area contributed by atoms with Gasteiger partial charge in [-0.25, -0.2) is 13.8 Å². The van der Waals surface area contributed by atoms with Gasteiger partial charge in [0.05, 0.1) is 0 Å². The zero-order valence-corrected chi connectivity index (χ0v) is 11.1. The van der Waals surface area contributed by atoms with Crippen LogP contribution < -0.4 is 0 Å². The highest BCUT2D eigenvalue weighted by Crippen LogP contribution is 2.22. The first-order chi connectivity index (χ1) is 9.74. The summed E-state index contributed by atoms with van der Waals surface area (Å²) < 4.78 is 33.6. The number of hydrogen-bond acceptors (Lipinski definition) is 2. The van der Waals surface area contributed by atoms with Gasteiger partial charge in [-0.05, 0) is 37.0 Å². The van der Waals surface area contributed by atoms with Crippen molar-refractivity contribution in [1.29, 1.82) is 0 Å². The molecule has 1 aliphatic heterocycles. The molecule has 2 aromatic rings. The van der Waals surface area contributed by atoms with Crippen molar-refractivity contribution in [3.8, 4) is 11.4 Å². The molecule has 0 amide bonds. The molecule has 0 radical (unpaired) electrons. The molecule has 0 saturated carbocycles. The van der Waals surface area contributed by atoms with Crippen LogP contribution in [0.5, 0.6) is 0 Å². The van der Waals surface area contributed by atoms with Crippen molar-refractivity contribution in [3.05, 3.63) is 42.2 Å². The van der Waals surface area contributed by atoms with Gasteiger partial charge in [0.25, 0.3) is 0 Å². The maximum Gasteiger partial charge on any atom is 0.159 e. The lowest BCUT2D eigenvalue weighted by Gasteiger charge is -2.11. The number of rotatable bonds is 4. The molecular formula is C15H16F2N2O. The van der Waals surface area contributed by atoms with Crippen LogP contribution in [0.2, 0.25) is 0 Å². The van der Waals surface area contributed by atoms with E-state index >= 15 is 0 Å². The van der Waals surface area contributed by atoms with Gasteiger partial charge in [-0.15, -0.1) is 0 Å². The molecule has 1 aromatic heterocycles. The molecule has 1 atom stereocenters. The molecule has 0 spiro atoms. The number of ether oxygens (including phenoxy) is 1. The smallest absolute Gasteiger partial charge is 0.159 e. The fourth-order valence-electron chi connectivity index (χ4n) is 2.52. The van der Waals surface area contributed by atoms with E-state index in [2.05, 4.69) is 4.98 Å². The lowest BCUT2D eigenvalue weighted by atomic mass is 10.1. The summed E-state index contributed by atoms with van der Waals surface area (Å²) in [5.41, 5.74) is 0.594. The highest BCUT2D eigenvalue weighted by Gasteiger charge is 2.16. The van der Waals surface area contributed by atoms with Crippen molar-refractivity contribution in [2.24, 2.45) is 5.92 Å². The van der Waals surface area contributed by atoms with Crippen LogP contribution in [-0.2, 0) is 11.3 Å². The zero-order valence-electron chi connectivity index (χ0n) is 11.1. The van der Waals surface area contributed by atoms with Crippen LogP contribution in [-0.4, -0.2) is 22.8 Å². The summed E-state index contributed by atoms with van der Waals surface area (Å²) in [6, 6.07) is 3.87. The SMILES string of the molecule is Fc1ccc(-c2nccn2CCC2CCOC2)cc1F. The average Bonchev–Trinajstić information content (AvgIpc) is 3.10. The molecule has 1 unspecified atom stereocenters. The summed E-state index contributed by atoms with van der Waals surface area (Å²) in [4.78, 5) is 4.25. The maximum atomic E-state index is 13.3. The number of nitrogens with zero attached hydrogens (tertiary/aromatic N) is 2. The second-order valence-corrected chi connectivity index (χ2v) is 5.09. The van der Waals surface area contributed by atoms with Crippen molar-refractivity contribution in [2.45, 2.75) is 19.4 Å². The van der Waals surface area contributed by atoms with Crippen molar-refractivity contribution in [3.63, 3.8) is 0 Å². The molecule has 106 valence electrons. The number of aryl methyl sites for hydroxylation is 1. The Morgan fingerprint density at radius 1 is 1.30 bits per heavy atom. The Morgan fingerprint density at radius 3 is 2.95 bits per heavy atom. The number of benzene rings is 1. The Hall–Kier alpha value is -1.75. The molecule has 3 rings (SSSR count). The maximum absolute atomic E-state index is 13.3. The van der Waals surface area contributed by atoms with Crippen LogP contribution in [0.15, 0.2) is 30.6 Å². The predicted molar refractivity (Wildman–Crippen MR) is 71.1 cm³/mol. The van der Waals surface area contributed by atoms with Crippen LogP contribution in [0, 0.1) is 17.6 Å². The molecule has 1 saturated heterocycles. The third-order valence-corrected chi connectivity index (χ3v) is 3.70. The molecule has 20 heavy (non-hydrogen) atoms. The van der Waals surface area contributed by atoms with E-state index in [9.17, 15) is 8.78 Å². The van der Waals surface area contributed by atoms with Gasteiger partial charge in [0.15, 0.2) is 11.6 Å². The first-order valence-electron chi connectivity index (χ1n) is 6.78. The van der Waals surface area contributed by atoms with Gasteiger partial charge in [0, 0.05) is 37.7 Å². The average molecular weight is 278 g/mol. The van der Waals surface area contributed by atoms with Gasteiger partial charge in [-0.3, -0.25) is 0 Å². The van der Waals surface area contributed by atoms with Crippen molar-refractivity contribution in [1.82, 2.24) is 9.55 Å². The minimum atomic E-state index is -0.846. The Morgan fingerprint density at radius 2 is 2.20 bits per heavy atom. The minimum absolute atomic E-state index is 0.579. The van der Waals surface area contributed by atoms with E-state index in [1.54, 1.807) is 12.3 Å². The van der Waals surface area contributed by atoms with Gasteiger partial charge >= 0.3 is 0 Å². The molecular weight excluding hydrogens is 262 g/mol. The van der Waals surface area contributed by atoms with Crippen molar-refractivity contribution >= 4 is 0 Å². The fourth-order valence-corrected chi connectivity index (χ4v) is 2.52. The predicted octanol–water partition coefficient (Wildman–Crippen LogP) is 3.25. The summed E-state index contributed by atoms with van der Waals surface area (Å²) in [7, 11) is 0. The van der Waals surface area contributed by atoms with Crippen LogP contribution in [0.3, 0.4) is 0 Å². The lowest BCUT2D eigenvalue weighted by molar-refractivity contribution is 0.183. The van der Waals surface area contributed by atoms with Gasteiger partial charge in [-0.1, -0.05) is 0 Å². The van der Waals surface area contributed by atoms with E-state index < -0.39 is 11.6 Å². The van der Waals surface area contributed by atoms with Crippen molar-refractivity contribution < 1.29 is 13.5 Å². The molecule has 2 heterocycles. The van der Waals surface area contributed by atoms with Gasteiger partial charge in [-0.2, -0.15) is 0 Å². The van der Waals surface area contributed by atoms with Crippen LogP contribution in [0.25, 0.3) is 11.4 Å². The molecule has 1 aromatic carbocycles. The molecule has 0 aliphatic carbocycles. The summed E-state index contributed by atoms with van der Waals surface area (Å²) in [5.74, 6) is -0.436. The summed E-state index contributed by atoms with van der Waals surface area (Å²) in [6.45, 7) is 2.46. The number of imidazole rings is 1. The number of halogens is 2. The van der Waals surface area contributed by atoms with Crippen LogP contribution in [0.1, 0.15) is 12.8 Å². The zero-order chi connectivity index (χ0) is 13.9. The second-order valence-electron chi connectivity index (χ2n) is 5.09. The topological polar surface area (TPSA) is 27.1 Å². The second kappa shape index (κ2) is 5.71. The fraction of sp³-hybridized carbons (Fsp3) is 0.400. The summed E-state index contributed by atoms with van der Waals surface area (Å²) >= 11 is 0. The van der Waals surface area contributed by atoms with Gasteiger partial charge in [0.2, 0.25) is 0 Å². The van der Waals surface area contributed by atoms with E-state index in [-0.39, 0.29) is 0 Å².